The number of aromatic nitrogens is 2. The van der Waals surface area contributed by atoms with Gasteiger partial charge in [-0.2, -0.15) is 0 Å². The zero-order chi connectivity index (χ0) is 31.5. The highest BCUT2D eigenvalue weighted by Gasteiger charge is 2.25. The number of benzene rings is 3. The molecule has 11 heteroatoms. The van der Waals surface area contributed by atoms with Crippen LogP contribution >= 0.6 is 0 Å². The fourth-order valence-electron chi connectivity index (χ4n) is 5.13. The quantitative estimate of drug-likeness (QED) is 0.127. The second-order valence-electron chi connectivity index (χ2n) is 10.7. The number of hydrogen-bond donors (Lipinski definition) is 3. The van der Waals surface area contributed by atoms with Crippen LogP contribution in [0.1, 0.15) is 39.5 Å². The number of nitro benzene ring substituents is 1. The van der Waals surface area contributed by atoms with Crippen molar-refractivity contribution in [1.29, 1.82) is 0 Å². The first-order chi connectivity index (χ1) is 21.0. The molecule has 5 rings (SSSR count). The number of hydrogen-bond acceptors (Lipinski definition) is 7. The molecule has 0 saturated carbocycles. The van der Waals surface area contributed by atoms with E-state index in [0.717, 1.165) is 28.1 Å². The number of pyridine rings is 1. The summed E-state index contributed by atoms with van der Waals surface area (Å²) in [6.45, 7) is 4.03. The Labute approximate surface area is 253 Å². The van der Waals surface area contributed by atoms with E-state index in [4.69, 9.17) is 4.98 Å². The van der Waals surface area contributed by atoms with Crippen LogP contribution in [0.5, 0.6) is 0 Å². The second kappa shape index (κ2) is 12.3. The third-order valence-corrected chi connectivity index (χ3v) is 7.44. The fourth-order valence-corrected chi connectivity index (χ4v) is 5.13. The van der Waals surface area contributed by atoms with E-state index in [1.165, 1.54) is 18.2 Å². The van der Waals surface area contributed by atoms with E-state index < -0.39 is 29.3 Å². The minimum absolute atomic E-state index is 0.199. The highest BCUT2D eigenvalue weighted by Crippen LogP contribution is 2.35. The van der Waals surface area contributed by atoms with Gasteiger partial charge in [0.25, 0.3) is 11.6 Å². The summed E-state index contributed by atoms with van der Waals surface area (Å²) < 4.78 is 1.80. The lowest BCUT2D eigenvalue weighted by molar-refractivity contribution is -0.384. The number of amides is 1. The average molecular weight is 593 g/mol. The van der Waals surface area contributed by atoms with Gasteiger partial charge in [0, 0.05) is 49.4 Å². The zero-order valence-electron chi connectivity index (χ0n) is 24.7. The molecule has 1 unspecified atom stereocenters. The first kappa shape index (κ1) is 29.8. The molecule has 44 heavy (non-hydrogen) atoms. The molecule has 2 aromatic heterocycles. The summed E-state index contributed by atoms with van der Waals surface area (Å²) in [7, 11) is 3.92. The van der Waals surface area contributed by atoms with Gasteiger partial charge in [-0.3, -0.25) is 24.1 Å². The van der Waals surface area contributed by atoms with Crippen LogP contribution < -0.4 is 15.5 Å². The lowest BCUT2D eigenvalue weighted by atomic mass is 10.0. The van der Waals surface area contributed by atoms with Crippen molar-refractivity contribution in [2.75, 3.05) is 24.3 Å². The van der Waals surface area contributed by atoms with Gasteiger partial charge in [-0.15, -0.1) is 0 Å². The van der Waals surface area contributed by atoms with Crippen LogP contribution in [0.15, 0.2) is 85.1 Å². The molecule has 5 aromatic rings. The third kappa shape index (κ3) is 6.07. The topological polar surface area (TPSA) is 142 Å². The summed E-state index contributed by atoms with van der Waals surface area (Å²) in [5, 5.41) is 27.3. The standard InChI is InChI=1S/C33H32N6O5/c1-20-8-5-9-21(2)29(20)35-32-30(22-13-15-24(16-14-22)37(3)4)36-31-26(12-7-17-38(31)32)33(42)34-27(19-28(40)41)23-10-6-11-25(18-23)39(43)44/h5-18,27,35H,19H2,1-4H3,(H,34,42)(H,40,41). The minimum Gasteiger partial charge on any atom is -0.481 e. The number of non-ortho nitro benzene ring substituents is 1. The van der Waals surface area contributed by atoms with Crippen molar-refractivity contribution in [3.8, 4) is 11.3 Å². The Balaban J connectivity index is 1.61. The molecule has 1 atom stereocenters. The molecular weight excluding hydrogens is 560 g/mol. The van der Waals surface area contributed by atoms with Gasteiger partial charge in [0.1, 0.15) is 11.5 Å². The Morgan fingerprint density at radius 3 is 2.32 bits per heavy atom. The van der Waals surface area contributed by atoms with Crippen molar-refractivity contribution < 1.29 is 19.6 Å². The second-order valence-corrected chi connectivity index (χ2v) is 10.7. The number of para-hydroxylation sites is 1. The number of aliphatic carboxylic acids is 1. The summed E-state index contributed by atoms with van der Waals surface area (Å²) in [6, 6.07) is 21.9. The van der Waals surface area contributed by atoms with Crippen molar-refractivity contribution in [3.05, 3.63) is 117 Å². The van der Waals surface area contributed by atoms with Gasteiger partial charge >= 0.3 is 5.97 Å². The largest absolute Gasteiger partial charge is 0.481 e. The molecule has 0 saturated heterocycles. The Morgan fingerprint density at radius 2 is 1.68 bits per heavy atom. The molecule has 224 valence electrons. The van der Waals surface area contributed by atoms with Crippen LogP contribution in [0, 0.1) is 24.0 Å². The monoisotopic (exact) mass is 592 g/mol. The molecule has 0 aliphatic rings. The average Bonchev–Trinajstić information content (AvgIpc) is 3.37. The molecule has 0 radical (unpaired) electrons. The van der Waals surface area contributed by atoms with Crippen LogP contribution in [0.3, 0.4) is 0 Å². The van der Waals surface area contributed by atoms with Gasteiger partial charge in [-0.25, -0.2) is 4.98 Å². The predicted octanol–water partition coefficient (Wildman–Crippen LogP) is 6.28. The molecule has 1 amide bonds. The molecule has 0 fully saturated rings. The first-order valence-corrected chi connectivity index (χ1v) is 13.9. The normalized spacial score (nSPS) is 11.6. The lowest BCUT2D eigenvalue weighted by Gasteiger charge is -2.18. The highest BCUT2D eigenvalue weighted by molar-refractivity contribution is 6.01. The Hall–Kier alpha value is -5.71. The number of anilines is 3. The lowest BCUT2D eigenvalue weighted by Crippen LogP contribution is -2.30. The fraction of sp³-hybridized carbons (Fsp3) is 0.182. The number of carboxylic acids is 1. The van der Waals surface area contributed by atoms with Crippen LogP contribution in [0.25, 0.3) is 16.9 Å². The number of fused-ring (bicyclic) bond motifs is 1. The summed E-state index contributed by atoms with van der Waals surface area (Å²) in [5.41, 5.74) is 6.16. The Morgan fingerprint density at radius 1 is 1.00 bits per heavy atom. The molecular formula is C33H32N6O5. The summed E-state index contributed by atoms with van der Waals surface area (Å²) in [5.74, 6) is -1.07. The first-order valence-electron chi connectivity index (χ1n) is 13.9. The number of carbonyl (C=O) groups is 2. The highest BCUT2D eigenvalue weighted by atomic mass is 16.6. The predicted molar refractivity (Wildman–Crippen MR) is 170 cm³/mol. The van der Waals surface area contributed by atoms with Gasteiger partial charge in [0.15, 0.2) is 5.65 Å². The van der Waals surface area contributed by atoms with E-state index in [2.05, 4.69) is 10.6 Å². The SMILES string of the molecule is Cc1cccc(C)c1Nc1c(-c2ccc(N(C)C)cc2)nc2c(C(=O)NC(CC(=O)O)c3cccc([N+](=O)[O-])c3)cccn12. The van der Waals surface area contributed by atoms with E-state index in [0.29, 0.717) is 22.7 Å². The van der Waals surface area contributed by atoms with Crippen LogP contribution in [0.2, 0.25) is 0 Å². The van der Waals surface area contributed by atoms with Crippen molar-refractivity contribution >= 4 is 40.4 Å². The molecule has 3 aromatic carbocycles. The Bertz CT molecular complexity index is 1860. The van der Waals surface area contributed by atoms with Crippen LogP contribution in [-0.2, 0) is 4.79 Å². The number of nitro groups is 1. The van der Waals surface area contributed by atoms with Crippen molar-refractivity contribution in [3.63, 3.8) is 0 Å². The zero-order valence-corrected chi connectivity index (χ0v) is 24.7. The summed E-state index contributed by atoms with van der Waals surface area (Å²) in [4.78, 5) is 43.2. The van der Waals surface area contributed by atoms with Gasteiger partial charge < -0.3 is 20.6 Å². The van der Waals surface area contributed by atoms with Gasteiger partial charge in [0.2, 0.25) is 0 Å². The van der Waals surface area contributed by atoms with E-state index >= 15 is 0 Å². The summed E-state index contributed by atoms with van der Waals surface area (Å²) in [6.07, 6.45) is 1.34. The van der Waals surface area contributed by atoms with E-state index in [1.807, 2.05) is 81.5 Å². The van der Waals surface area contributed by atoms with Gasteiger partial charge in [-0.05, 0) is 54.8 Å². The van der Waals surface area contributed by atoms with Gasteiger partial charge in [-0.1, -0.05) is 42.5 Å². The van der Waals surface area contributed by atoms with E-state index in [-0.39, 0.29) is 11.3 Å². The van der Waals surface area contributed by atoms with Crippen molar-refractivity contribution in [1.82, 2.24) is 14.7 Å². The van der Waals surface area contributed by atoms with Crippen molar-refractivity contribution in [2.45, 2.75) is 26.3 Å². The number of nitrogens with one attached hydrogen (secondary N) is 2. The van der Waals surface area contributed by atoms with Crippen molar-refractivity contribution in [2.24, 2.45) is 0 Å². The molecule has 0 spiro atoms. The molecule has 3 N–H and O–H groups in total. The maximum absolute atomic E-state index is 13.8. The molecule has 11 nitrogen and oxygen atoms in total. The number of nitrogens with zero attached hydrogens (tertiary/aromatic N) is 4. The number of imidazole rings is 1. The smallest absolute Gasteiger partial charge is 0.305 e. The molecule has 0 aliphatic carbocycles. The molecule has 0 aliphatic heterocycles. The Kier molecular flexibility index (Phi) is 8.30. The third-order valence-electron chi connectivity index (χ3n) is 7.44. The van der Waals surface area contributed by atoms with Crippen LogP contribution in [0.4, 0.5) is 22.9 Å². The number of carbonyl (C=O) groups excluding carboxylic acids is 1. The maximum Gasteiger partial charge on any atom is 0.305 e. The number of carboxylic acid groups (broad SMARTS) is 1. The number of aryl methyl sites for hydroxylation is 2. The molecule has 2 heterocycles. The van der Waals surface area contributed by atoms with E-state index in [9.17, 15) is 24.8 Å². The number of rotatable bonds is 10. The maximum atomic E-state index is 13.8. The minimum atomic E-state index is -1.16. The van der Waals surface area contributed by atoms with E-state index in [1.54, 1.807) is 22.6 Å². The summed E-state index contributed by atoms with van der Waals surface area (Å²) >= 11 is 0. The van der Waals surface area contributed by atoms with Crippen LogP contribution in [-0.4, -0.2) is 45.4 Å². The molecule has 0 bridgehead atoms. The van der Waals surface area contributed by atoms with Gasteiger partial charge in [0.05, 0.1) is 22.9 Å².